The first-order valence-electron chi connectivity index (χ1n) is 8.57. The number of nitriles is 1. The Morgan fingerprint density at radius 2 is 2.04 bits per heavy atom. The molecule has 1 aliphatic rings. The molecule has 6 heteroatoms. The third kappa shape index (κ3) is 5.21. The molecule has 1 aromatic carbocycles. The second-order valence-corrected chi connectivity index (χ2v) is 7.17. The van der Waals surface area contributed by atoms with E-state index in [1.54, 1.807) is 12.1 Å². The quantitative estimate of drug-likeness (QED) is 0.915. The van der Waals surface area contributed by atoms with E-state index in [0.29, 0.717) is 18.5 Å². The number of hydrogen-bond donors (Lipinski definition) is 1. The Hall–Kier alpha value is -2.55. The summed E-state index contributed by atoms with van der Waals surface area (Å²) in [6.45, 7) is 6.21. The smallest absolute Gasteiger partial charge is 0.410 e. The summed E-state index contributed by atoms with van der Waals surface area (Å²) in [7, 11) is 0. The molecule has 0 bridgehead atoms. The summed E-state index contributed by atoms with van der Waals surface area (Å²) in [5.41, 5.74) is 0.704. The number of amides is 2. The molecule has 134 valence electrons. The van der Waals surface area contributed by atoms with Gasteiger partial charge >= 0.3 is 6.09 Å². The number of piperidine rings is 1. The minimum absolute atomic E-state index is 0.210. The summed E-state index contributed by atoms with van der Waals surface area (Å²) >= 11 is 0. The van der Waals surface area contributed by atoms with Crippen LogP contribution in [0.25, 0.3) is 0 Å². The van der Waals surface area contributed by atoms with E-state index in [-0.39, 0.29) is 12.5 Å². The van der Waals surface area contributed by atoms with E-state index in [4.69, 9.17) is 10.00 Å². The summed E-state index contributed by atoms with van der Waals surface area (Å²) in [4.78, 5) is 26.5. The Morgan fingerprint density at radius 1 is 1.32 bits per heavy atom. The van der Waals surface area contributed by atoms with Gasteiger partial charge in [0, 0.05) is 13.1 Å². The predicted octanol–water partition coefficient (Wildman–Crippen LogP) is 2.96. The summed E-state index contributed by atoms with van der Waals surface area (Å²) in [5.74, 6) is -0.210. The Balaban J connectivity index is 2.03. The summed E-state index contributed by atoms with van der Waals surface area (Å²) in [6, 6.07) is 8.73. The van der Waals surface area contributed by atoms with Crippen LogP contribution in [0.15, 0.2) is 24.3 Å². The van der Waals surface area contributed by atoms with Crippen molar-refractivity contribution in [1.29, 1.82) is 5.26 Å². The van der Waals surface area contributed by atoms with Crippen molar-refractivity contribution in [3.05, 3.63) is 35.4 Å². The molecule has 1 N–H and O–H groups in total. The van der Waals surface area contributed by atoms with Crippen molar-refractivity contribution in [1.82, 2.24) is 10.2 Å². The molecule has 6 nitrogen and oxygen atoms in total. The summed E-state index contributed by atoms with van der Waals surface area (Å²) in [6.07, 6.45) is 1.92. The second-order valence-electron chi connectivity index (χ2n) is 7.17. The zero-order valence-corrected chi connectivity index (χ0v) is 15.0. The van der Waals surface area contributed by atoms with Gasteiger partial charge in [-0.15, -0.1) is 0 Å². The fourth-order valence-electron chi connectivity index (χ4n) is 2.83. The molecule has 1 fully saturated rings. The summed E-state index contributed by atoms with van der Waals surface area (Å²) < 4.78 is 5.42. The minimum Gasteiger partial charge on any atom is -0.444 e. The topological polar surface area (TPSA) is 82.4 Å². The molecule has 1 atom stereocenters. The highest BCUT2D eigenvalue weighted by atomic mass is 16.6. The highest BCUT2D eigenvalue weighted by Gasteiger charge is 2.34. The maximum Gasteiger partial charge on any atom is 0.410 e. The predicted molar refractivity (Wildman–Crippen MR) is 93.6 cm³/mol. The molecular formula is C19H25N3O3. The minimum atomic E-state index is -0.596. The fraction of sp³-hybridized carbons (Fsp3) is 0.526. The van der Waals surface area contributed by atoms with Gasteiger partial charge in [-0.25, -0.2) is 4.79 Å². The van der Waals surface area contributed by atoms with E-state index in [0.717, 1.165) is 18.4 Å². The SMILES string of the molecule is CC(C)(C)OC(=O)N1CCCCC1C(=O)NCc1ccccc1C#N. The number of nitrogens with zero attached hydrogens (tertiary/aromatic N) is 2. The van der Waals surface area contributed by atoms with Gasteiger partial charge in [-0.1, -0.05) is 18.2 Å². The summed E-state index contributed by atoms with van der Waals surface area (Å²) in [5, 5.41) is 12.0. The van der Waals surface area contributed by atoms with E-state index in [1.807, 2.05) is 32.9 Å². The van der Waals surface area contributed by atoms with Gasteiger partial charge < -0.3 is 10.1 Å². The van der Waals surface area contributed by atoms with Crippen molar-refractivity contribution in [3.8, 4) is 6.07 Å². The van der Waals surface area contributed by atoms with Crippen LogP contribution in [0.2, 0.25) is 0 Å². The van der Waals surface area contributed by atoms with E-state index >= 15 is 0 Å². The first kappa shape index (κ1) is 18.8. The first-order valence-corrected chi connectivity index (χ1v) is 8.57. The molecule has 0 aromatic heterocycles. The third-order valence-electron chi connectivity index (χ3n) is 4.02. The number of rotatable bonds is 3. The van der Waals surface area contributed by atoms with E-state index in [9.17, 15) is 9.59 Å². The molecule has 1 unspecified atom stereocenters. The van der Waals surface area contributed by atoms with E-state index in [1.165, 1.54) is 4.90 Å². The standard InChI is InChI=1S/C19H25N3O3/c1-19(2,3)25-18(24)22-11-7-6-10-16(22)17(23)21-13-15-9-5-4-8-14(15)12-20/h4-5,8-9,16H,6-7,10-11,13H2,1-3H3,(H,21,23). The maximum absolute atomic E-state index is 12.6. The lowest BCUT2D eigenvalue weighted by molar-refractivity contribution is -0.127. The van der Waals surface area contributed by atoms with Crippen molar-refractivity contribution in [2.24, 2.45) is 0 Å². The van der Waals surface area contributed by atoms with Crippen molar-refractivity contribution in [2.75, 3.05) is 6.54 Å². The van der Waals surface area contributed by atoms with Crippen molar-refractivity contribution in [3.63, 3.8) is 0 Å². The van der Waals surface area contributed by atoms with Crippen LogP contribution >= 0.6 is 0 Å². The van der Waals surface area contributed by atoms with Gasteiger partial charge in [-0.2, -0.15) is 5.26 Å². The van der Waals surface area contributed by atoms with Crippen molar-refractivity contribution < 1.29 is 14.3 Å². The average Bonchev–Trinajstić information content (AvgIpc) is 2.58. The number of carbonyl (C=O) groups excluding carboxylic acids is 2. The zero-order valence-electron chi connectivity index (χ0n) is 15.0. The second kappa shape index (κ2) is 8.02. The fourth-order valence-corrected chi connectivity index (χ4v) is 2.83. The Morgan fingerprint density at radius 3 is 2.72 bits per heavy atom. The highest BCUT2D eigenvalue weighted by Crippen LogP contribution is 2.21. The molecule has 1 heterocycles. The number of nitrogens with one attached hydrogen (secondary N) is 1. The van der Waals surface area contributed by atoms with Gasteiger partial charge in [-0.3, -0.25) is 9.69 Å². The molecule has 0 spiro atoms. The molecule has 1 aromatic rings. The highest BCUT2D eigenvalue weighted by molar-refractivity contribution is 5.86. The lowest BCUT2D eigenvalue weighted by atomic mass is 10.0. The lowest BCUT2D eigenvalue weighted by Crippen LogP contribution is -2.53. The molecule has 2 amide bonds. The third-order valence-corrected chi connectivity index (χ3v) is 4.02. The number of carbonyl (C=O) groups is 2. The molecule has 0 saturated carbocycles. The van der Waals surface area contributed by atoms with Crippen LogP contribution < -0.4 is 5.32 Å². The number of ether oxygens (including phenoxy) is 1. The van der Waals surface area contributed by atoms with Gasteiger partial charge in [0.25, 0.3) is 0 Å². The number of benzene rings is 1. The Labute approximate surface area is 148 Å². The zero-order chi connectivity index (χ0) is 18.4. The van der Waals surface area contributed by atoms with Crippen LogP contribution in [-0.4, -0.2) is 35.1 Å². The molecule has 0 radical (unpaired) electrons. The van der Waals surface area contributed by atoms with Crippen LogP contribution in [-0.2, 0) is 16.1 Å². The normalized spacial score (nSPS) is 17.5. The van der Waals surface area contributed by atoms with E-state index in [2.05, 4.69) is 11.4 Å². The number of likely N-dealkylation sites (tertiary alicyclic amines) is 1. The number of hydrogen-bond acceptors (Lipinski definition) is 4. The molecular weight excluding hydrogens is 318 g/mol. The molecule has 0 aliphatic carbocycles. The Kier molecular flexibility index (Phi) is 6.02. The monoisotopic (exact) mass is 343 g/mol. The largest absolute Gasteiger partial charge is 0.444 e. The van der Waals surface area contributed by atoms with Crippen molar-refractivity contribution >= 4 is 12.0 Å². The van der Waals surface area contributed by atoms with E-state index < -0.39 is 17.7 Å². The van der Waals surface area contributed by atoms with Gasteiger partial charge in [0.2, 0.25) is 5.91 Å². The van der Waals surface area contributed by atoms with Crippen LogP contribution in [0.5, 0.6) is 0 Å². The van der Waals surface area contributed by atoms with Gasteiger partial charge in [0.15, 0.2) is 0 Å². The molecule has 25 heavy (non-hydrogen) atoms. The molecule has 2 rings (SSSR count). The Bertz CT molecular complexity index is 673. The van der Waals surface area contributed by atoms with Crippen LogP contribution in [0, 0.1) is 11.3 Å². The van der Waals surface area contributed by atoms with Gasteiger partial charge in [-0.05, 0) is 51.7 Å². The maximum atomic E-state index is 12.6. The van der Waals surface area contributed by atoms with Gasteiger partial charge in [0.05, 0.1) is 11.6 Å². The first-order chi connectivity index (χ1) is 11.8. The van der Waals surface area contributed by atoms with Crippen LogP contribution in [0.4, 0.5) is 4.79 Å². The molecule has 1 aliphatic heterocycles. The van der Waals surface area contributed by atoms with Crippen molar-refractivity contribution in [2.45, 2.75) is 58.2 Å². The van der Waals surface area contributed by atoms with Crippen LogP contribution in [0.1, 0.15) is 51.2 Å². The average molecular weight is 343 g/mol. The van der Waals surface area contributed by atoms with Crippen LogP contribution in [0.3, 0.4) is 0 Å². The lowest BCUT2D eigenvalue weighted by Gasteiger charge is -2.35. The molecule has 1 saturated heterocycles. The van der Waals surface area contributed by atoms with Gasteiger partial charge in [0.1, 0.15) is 11.6 Å².